The van der Waals surface area contributed by atoms with Crippen molar-refractivity contribution in [2.45, 2.75) is 20.3 Å². The van der Waals surface area contributed by atoms with Crippen LogP contribution in [0.5, 0.6) is 0 Å². The van der Waals surface area contributed by atoms with Gasteiger partial charge in [0.1, 0.15) is 17.8 Å². The van der Waals surface area contributed by atoms with Gasteiger partial charge in [-0.2, -0.15) is 0 Å². The maximum absolute atomic E-state index is 12.5. The fourth-order valence-electron chi connectivity index (χ4n) is 2.47. The molecule has 1 aromatic heterocycles. The molecule has 5 heteroatoms. The van der Waals surface area contributed by atoms with Gasteiger partial charge in [0.2, 0.25) is 0 Å². The Balaban J connectivity index is 1.76. The molecule has 0 atom stereocenters. The van der Waals surface area contributed by atoms with E-state index in [9.17, 15) is 4.79 Å². The average molecular weight is 332 g/mol. The van der Waals surface area contributed by atoms with E-state index in [4.69, 9.17) is 0 Å². The number of nitrogens with one attached hydrogen (secondary N) is 2. The van der Waals surface area contributed by atoms with Crippen LogP contribution in [-0.2, 0) is 6.42 Å². The summed E-state index contributed by atoms with van der Waals surface area (Å²) in [5.74, 6) is 0.322. The molecule has 0 unspecified atom stereocenters. The van der Waals surface area contributed by atoms with Crippen LogP contribution in [0.3, 0.4) is 0 Å². The summed E-state index contributed by atoms with van der Waals surface area (Å²) in [4.78, 5) is 20.8. The molecule has 2 aromatic carbocycles. The number of nitrogens with zero attached hydrogens (tertiary/aromatic N) is 2. The first-order chi connectivity index (χ1) is 12.2. The molecule has 3 rings (SSSR count). The lowest BCUT2D eigenvalue weighted by atomic mass is 10.1. The van der Waals surface area contributed by atoms with Crippen LogP contribution in [0, 0.1) is 6.92 Å². The van der Waals surface area contributed by atoms with Crippen LogP contribution in [0.4, 0.5) is 17.2 Å². The SMILES string of the molecule is CCc1ccccc1NC(=O)c1cc(Nc2ccc(C)cc2)ncn1. The second-order valence-electron chi connectivity index (χ2n) is 5.74. The molecule has 0 saturated carbocycles. The molecule has 0 bridgehead atoms. The summed E-state index contributed by atoms with van der Waals surface area (Å²) in [6.07, 6.45) is 2.23. The maximum atomic E-state index is 12.5. The van der Waals surface area contributed by atoms with Crippen LogP contribution >= 0.6 is 0 Å². The van der Waals surface area contributed by atoms with E-state index in [1.807, 2.05) is 55.5 Å². The van der Waals surface area contributed by atoms with Gasteiger partial charge in [0.25, 0.3) is 5.91 Å². The van der Waals surface area contributed by atoms with Crippen molar-refractivity contribution in [3.05, 3.63) is 77.7 Å². The van der Waals surface area contributed by atoms with Crippen LogP contribution in [-0.4, -0.2) is 15.9 Å². The minimum absolute atomic E-state index is 0.254. The standard InChI is InChI=1S/C20H20N4O/c1-3-15-6-4-5-7-17(15)24-20(25)18-12-19(22-13-21-18)23-16-10-8-14(2)9-11-16/h4-13H,3H2,1-2H3,(H,24,25)(H,21,22,23). The normalized spacial score (nSPS) is 10.3. The van der Waals surface area contributed by atoms with Crippen LogP contribution in [0.15, 0.2) is 60.9 Å². The van der Waals surface area contributed by atoms with E-state index in [-0.39, 0.29) is 5.91 Å². The zero-order chi connectivity index (χ0) is 17.6. The Hall–Kier alpha value is -3.21. The number of carbonyl (C=O) groups excluding carboxylic acids is 1. The van der Waals surface area contributed by atoms with Crippen molar-refractivity contribution in [1.29, 1.82) is 0 Å². The third-order valence-electron chi connectivity index (χ3n) is 3.87. The van der Waals surface area contributed by atoms with E-state index in [2.05, 4.69) is 27.5 Å². The smallest absolute Gasteiger partial charge is 0.274 e. The third kappa shape index (κ3) is 4.20. The van der Waals surface area contributed by atoms with Gasteiger partial charge in [0, 0.05) is 17.4 Å². The number of rotatable bonds is 5. The molecule has 0 saturated heterocycles. The molecule has 1 heterocycles. The molecule has 0 radical (unpaired) electrons. The van der Waals surface area contributed by atoms with Gasteiger partial charge in [0.15, 0.2) is 0 Å². The number of hydrogen-bond donors (Lipinski definition) is 2. The number of anilines is 3. The van der Waals surface area contributed by atoms with E-state index in [0.29, 0.717) is 11.5 Å². The maximum Gasteiger partial charge on any atom is 0.274 e. The molecule has 1 amide bonds. The Bertz CT molecular complexity index is 875. The first-order valence-corrected chi connectivity index (χ1v) is 8.20. The van der Waals surface area contributed by atoms with Crippen LogP contribution in [0.1, 0.15) is 28.5 Å². The van der Waals surface area contributed by atoms with Crippen molar-refractivity contribution in [3.63, 3.8) is 0 Å². The molecular formula is C20H20N4O. The summed E-state index contributed by atoms with van der Waals surface area (Å²) in [5, 5.41) is 6.10. The van der Waals surface area contributed by atoms with Gasteiger partial charge in [-0.25, -0.2) is 9.97 Å². The van der Waals surface area contributed by atoms with Crippen LogP contribution in [0.25, 0.3) is 0 Å². The number of carbonyl (C=O) groups is 1. The number of para-hydroxylation sites is 1. The molecule has 126 valence electrons. The molecule has 0 aliphatic heterocycles. The van der Waals surface area contributed by atoms with E-state index >= 15 is 0 Å². The van der Waals surface area contributed by atoms with Crippen molar-refractivity contribution in [3.8, 4) is 0 Å². The molecule has 0 spiro atoms. The van der Waals surface area contributed by atoms with Gasteiger partial charge < -0.3 is 10.6 Å². The number of aromatic nitrogens is 2. The lowest BCUT2D eigenvalue weighted by molar-refractivity contribution is 0.102. The summed E-state index contributed by atoms with van der Waals surface area (Å²) >= 11 is 0. The predicted octanol–water partition coefficient (Wildman–Crippen LogP) is 4.34. The third-order valence-corrected chi connectivity index (χ3v) is 3.87. The fraction of sp³-hybridized carbons (Fsp3) is 0.150. The van der Waals surface area contributed by atoms with E-state index in [1.54, 1.807) is 6.07 Å². The number of amides is 1. The molecule has 0 aliphatic rings. The van der Waals surface area contributed by atoms with Crippen molar-refractivity contribution < 1.29 is 4.79 Å². The largest absolute Gasteiger partial charge is 0.340 e. The van der Waals surface area contributed by atoms with Gasteiger partial charge in [-0.1, -0.05) is 42.8 Å². The molecule has 0 aliphatic carbocycles. The zero-order valence-corrected chi connectivity index (χ0v) is 14.3. The first kappa shape index (κ1) is 16.6. The summed E-state index contributed by atoms with van der Waals surface area (Å²) < 4.78 is 0. The Morgan fingerprint density at radius 2 is 1.80 bits per heavy atom. The van der Waals surface area contributed by atoms with Gasteiger partial charge >= 0.3 is 0 Å². The zero-order valence-electron chi connectivity index (χ0n) is 14.3. The Labute approximate surface area is 147 Å². The summed E-state index contributed by atoms with van der Waals surface area (Å²) in [6, 6.07) is 17.4. The van der Waals surface area contributed by atoms with E-state index < -0.39 is 0 Å². The van der Waals surface area contributed by atoms with Gasteiger partial charge in [-0.05, 0) is 37.1 Å². The molecule has 5 nitrogen and oxygen atoms in total. The number of hydrogen-bond acceptors (Lipinski definition) is 4. The molecule has 2 N–H and O–H groups in total. The van der Waals surface area contributed by atoms with E-state index in [1.165, 1.54) is 11.9 Å². The van der Waals surface area contributed by atoms with E-state index in [0.717, 1.165) is 23.4 Å². The predicted molar refractivity (Wildman–Crippen MR) is 100 cm³/mol. The van der Waals surface area contributed by atoms with Gasteiger partial charge in [0.05, 0.1) is 0 Å². The quantitative estimate of drug-likeness (QED) is 0.729. The van der Waals surface area contributed by atoms with Crippen LogP contribution < -0.4 is 10.6 Å². The highest BCUT2D eigenvalue weighted by atomic mass is 16.1. The summed E-state index contributed by atoms with van der Waals surface area (Å²) in [6.45, 7) is 4.09. The Kier molecular flexibility index (Phi) is 5.04. The number of aryl methyl sites for hydroxylation is 2. The average Bonchev–Trinajstić information content (AvgIpc) is 2.64. The molecular weight excluding hydrogens is 312 g/mol. The fourth-order valence-corrected chi connectivity index (χ4v) is 2.47. The molecule has 25 heavy (non-hydrogen) atoms. The Morgan fingerprint density at radius 1 is 1.04 bits per heavy atom. The minimum Gasteiger partial charge on any atom is -0.340 e. The highest BCUT2D eigenvalue weighted by Gasteiger charge is 2.11. The summed E-state index contributed by atoms with van der Waals surface area (Å²) in [5.41, 5.74) is 4.30. The van der Waals surface area contributed by atoms with Gasteiger partial charge in [-0.15, -0.1) is 0 Å². The molecule has 0 fully saturated rings. The van der Waals surface area contributed by atoms with Gasteiger partial charge in [-0.3, -0.25) is 4.79 Å². The second-order valence-corrected chi connectivity index (χ2v) is 5.74. The topological polar surface area (TPSA) is 66.9 Å². The van der Waals surface area contributed by atoms with Crippen molar-refractivity contribution >= 4 is 23.1 Å². The first-order valence-electron chi connectivity index (χ1n) is 8.20. The monoisotopic (exact) mass is 332 g/mol. The minimum atomic E-state index is -0.254. The van der Waals surface area contributed by atoms with Crippen LogP contribution in [0.2, 0.25) is 0 Å². The molecule has 3 aromatic rings. The lowest BCUT2D eigenvalue weighted by Gasteiger charge is -2.10. The number of benzene rings is 2. The Morgan fingerprint density at radius 3 is 2.56 bits per heavy atom. The van der Waals surface area contributed by atoms with Crippen molar-refractivity contribution in [2.24, 2.45) is 0 Å². The second kappa shape index (κ2) is 7.57. The highest BCUT2D eigenvalue weighted by molar-refractivity contribution is 6.03. The summed E-state index contributed by atoms with van der Waals surface area (Å²) in [7, 11) is 0. The van der Waals surface area contributed by atoms with Crippen molar-refractivity contribution in [1.82, 2.24) is 9.97 Å². The van der Waals surface area contributed by atoms with Crippen molar-refractivity contribution in [2.75, 3.05) is 10.6 Å². The lowest BCUT2D eigenvalue weighted by Crippen LogP contribution is -2.15. The highest BCUT2D eigenvalue weighted by Crippen LogP contribution is 2.18.